The number of carbonyl (C=O) groups is 1. The van der Waals surface area contributed by atoms with E-state index < -0.39 is 11.6 Å². The number of carbonyl (C=O) groups excluding carboxylic acids is 1. The van der Waals surface area contributed by atoms with Crippen LogP contribution in [0.1, 0.15) is 42.1 Å². The fourth-order valence-corrected chi connectivity index (χ4v) is 5.87. The topological polar surface area (TPSA) is 83.4 Å². The van der Waals surface area contributed by atoms with Crippen LogP contribution in [0.2, 0.25) is 0 Å². The van der Waals surface area contributed by atoms with E-state index >= 15 is 0 Å². The summed E-state index contributed by atoms with van der Waals surface area (Å²) < 4.78 is 14.1. The first-order chi connectivity index (χ1) is 19.0. The molecule has 0 spiro atoms. The number of benzene rings is 3. The molecule has 2 atom stereocenters. The number of aliphatic hydroxyl groups excluding tert-OH is 1. The highest BCUT2D eigenvalue weighted by atomic mass is 79.9. The van der Waals surface area contributed by atoms with Crippen molar-refractivity contribution >= 4 is 43.7 Å². The average molecular weight is 657 g/mol. The van der Waals surface area contributed by atoms with Gasteiger partial charge in [0.2, 0.25) is 5.90 Å². The summed E-state index contributed by atoms with van der Waals surface area (Å²) in [6.07, 6.45) is 2.32. The number of hydrogen-bond acceptors (Lipinski definition) is 6. The van der Waals surface area contributed by atoms with Gasteiger partial charge in [0, 0.05) is 52.6 Å². The molecular formula is C30H31Br2N3O4. The van der Waals surface area contributed by atoms with Gasteiger partial charge in [-0.25, -0.2) is 10.0 Å². The van der Waals surface area contributed by atoms with Gasteiger partial charge in [0.25, 0.3) is 5.91 Å². The SMILES string of the molecule is O=C(NN1CCCC1)[C@@]1(Cc2ccccc2Br)N=C(c2ccc(OCCCO)cc2)O[C@H]1c1ccccc1Br. The van der Waals surface area contributed by atoms with E-state index in [2.05, 4.69) is 37.3 Å². The van der Waals surface area contributed by atoms with Crippen molar-refractivity contribution in [1.82, 2.24) is 10.4 Å². The normalized spacial score (nSPS) is 20.9. The van der Waals surface area contributed by atoms with Gasteiger partial charge in [0.1, 0.15) is 5.75 Å². The van der Waals surface area contributed by atoms with Crippen molar-refractivity contribution in [2.45, 2.75) is 37.3 Å². The van der Waals surface area contributed by atoms with Crippen LogP contribution in [-0.2, 0) is 16.0 Å². The number of rotatable bonds is 10. The van der Waals surface area contributed by atoms with E-state index in [1.807, 2.05) is 77.8 Å². The van der Waals surface area contributed by atoms with Crippen molar-refractivity contribution in [2.24, 2.45) is 4.99 Å². The number of aliphatic imine (C=N–C) groups is 1. The zero-order valence-electron chi connectivity index (χ0n) is 21.5. The quantitative estimate of drug-likeness (QED) is 0.278. The zero-order chi connectivity index (χ0) is 27.2. The van der Waals surface area contributed by atoms with E-state index in [0.717, 1.165) is 51.6 Å². The Hall–Kier alpha value is -2.72. The first-order valence-corrected chi connectivity index (χ1v) is 14.7. The molecule has 7 nitrogen and oxygen atoms in total. The summed E-state index contributed by atoms with van der Waals surface area (Å²) in [6, 6.07) is 23.2. The smallest absolute Gasteiger partial charge is 0.266 e. The highest BCUT2D eigenvalue weighted by Crippen LogP contribution is 2.45. The van der Waals surface area contributed by atoms with Crippen molar-refractivity contribution < 1.29 is 19.4 Å². The first kappa shape index (κ1) is 27.8. The number of nitrogens with zero attached hydrogens (tertiary/aromatic N) is 2. The third kappa shape index (κ3) is 6.22. The number of halogens is 2. The van der Waals surface area contributed by atoms with Crippen LogP contribution >= 0.6 is 31.9 Å². The van der Waals surface area contributed by atoms with Crippen LogP contribution < -0.4 is 10.2 Å². The zero-order valence-corrected chi connectivity index (χ0v) is 24.7. The van der Waals surface area contributed by atoms with Gasteiger partial charge in [-0.2, -0.15) is 0 Å². The van der Waals surface area contributed by atoms with Crippen molar-refractivity contribution in [1.29, 1.82) is 0 Å². The predicted octanol–water partition coefficient (Wildman–Crippen LogP) is 5.60. The molecule has 2 aliphatic heterocycles. The molecule has 0 aromatic heterocycles. The molecule has 0 bridgehead atoms. The second-order valence-corrected chi connectivity index (χ2v) is 11.4. The second kappa shape index (κ2) is 12.6. The standard InChI is InChI=1S/C30H31Br2N3O4/c31-25-10-3-1-8-22(25)20-30(29(37)34-35-16-5-6-17-35)27(24-9-2-4-11-26(24)32)39-28(33-30)21-12-14-23(15-13-21)38-19-7-18-36/h1-4,8-15,27,36H,5-7,16-20H2,(H,34,37)/t27-,30-/m0/s1. The van der Waals surface area contributed by atoms with E-state index in [4.69, 9.17) is 19.6 Å². The Labute approximate surface area is 245 Å². The molecule has 2 heterocycles. The Balaban J connectivity index is 1.58. The lowest BCUT2D eigenvalue weighted by atomic mass is 9.82. The maximum absolute atomic E-state index is 14.3. The second-order valence-electron chi connectivity index (χ2n) is 9.71. The molecule has 204 valence electrons. The molecule has 0 radical (unpaired) electrons. The third-order valence-corrected chi connectivity index (χ3v) is 8.50. The van der Waals surface area contributed by atoms with E-state index in [1.54, 1.807) is 0 Å². The van der Waals surface area contributed by atoms with Crippen LogP contribution in [0.3, 0.4) is 0 Å². The maximum Gasteiger partial charge on any atom is 0.266 e. The monoisotopic (exact) mass is 655 g/mol. The molecule has 3 aromatic carbocycles. The molecule has 1 amide bonds. The fraction of sp³-hybridized carbons (Fsp3) is 0.333. The van der Waals surface area contributed by atoms with E-state index in [-0.39, 0.29) is 12.5 Å². The molecule has 5 rings (SSSR count). The molecule has 9 heteroatoms. The lowest BCUT2D eigenvalue weighted by molar-refractivity contribution is -0.133. The molecule has 1 fully saturated rings. The Morgan fingerprint density at radius 2 is 1.72 bits per heavy atom. The summed E-state index contributed by atoms with van der Waals surface area (Å²) in [5.41, 5.74) is 4.47. The van der Waals surface area contributed by atoms with Crippen molar-refractivity contribution in [3.05, 3.63) is 98.4 Å². The summed E-state index contributed by atoms with van der Waals surface area (Å²) in [7, 11) is 0. The van der Waals surface area contributed by atoms with E-state index in [1.165, 1.54) is 0 Å². The summed E-state index contributed by atoms with van der Waals surface area (Å²) in [5.74, 6) is 0.903. The number of amides is 1. The highest BCUT2D eigenvalue weighted by Gasteiger charge is 2.54. The lowest BCUT2D eigenvalue weighted by Crippen LogP contribution is -2.54. The van der Waals surface area contributed by atoms with Gasteiger partial charge in [-0.1, -0.05) is 68.3 Å². The summed E-state index contributed by atoms with van der Waals surface area (Å²) >= 11 is 7.37. The van der Waals surface area contributed by atoms with Crippen molar-refractivity contribution in [2.75, 3.05) is 26.3 Å². The summed E-state index contributed by atoms with van der Waals surface area (Å²) in [6.45, 7) is 2.14. The van der Waals surface area contributed by atoms with Gasteiger partial charge in [-0.15, -0.1) is 0 Å². The predicted molar refractivity (Wildman–Crippen MR) is 158 cm³/mol. The summed E-state index contributed by atoms with van der Waals surface area (Å²) in [5, 5.41) is 11.0. The number of nitrogens with one attached hydrogen (secondary N) is 1. The van der Waals surface area contributed by atoms with Gasteiger partial charge in [-0.3, -0.25) is 10.2 Å². The molecule has 2 N–H and O–H groups in total. The lowest BCUT2D eigenvalue weighted by Gasteiger charge is -2.33. The fourth-order valence-electron chi connectivity index (χ4n) is 4.95. The Kier molecular flexibility index (Phi) is 9.02. The highest BCUT2D eigenvalue weighted by molar-refractivity contribution is 9.10. The molecule has 39 heavy (non-hydrogen) atoms. The number of aliphatic hydroxyl groups is 1. The van der Waals surface area contributed by atoms with Crippen LogP contribution in [-0.4, -0.2) is 53.8 Å². The number of ether oxygens (including phenoxy) is 2. The molecule has 0 saturated carbocycles. The molecule has 2 aliphatic rings. The minimum atomic E-state index is -1.26. The number of hydrogen-bond donors (Lipinski definition) is 2. The Bertz CT molecular complexity index is 1330. The Morgan fingerprint density at radius 1 is 1.03 bits per heavy atom. The largest absolute Gasteiger partial charge is 0.494 e. The van der Waals surface area contributed by atoms with Crippen LogP contribution in [0.4, 0.5) is 0 Å². The molecule has 3 aromatic rings. The third-order valence-electron chi connectivity index (χ3n) is 7.00. The molecule has 0 unspecified atom stereocenters. The first-order valence-electron chi connectivity index (χ1n) is 13.1. The number of hydrazine groups is 1. The van der Waals surface area contributed by atoms with Crippen molar-refractivity contribution in [3.8, 4) is 5.75 Å². The minimum absolute atomic E-state index is 0.0816. The molecule has 1 saturated heterocycles. The molecular weight excluding hydrogens is 626 g/mol. The van der Waals surface area contributed by atoms with Gasteiger partial charge < -0.3 is 14.6 Å². The maximum atomic E-state index is 14.3. The van der Waals surface area contributed by atoms with Gasteiger partial charge in [0.15, 0.2) is 11.6 Å². The Morgan fingerprint density at radius 3 is 2.41 bits per heavy atom. The van der Waals surface area contributed by atoms with E-state index in [0.29, 0.717) is 31.1 Å². The van der Waals surface area contributed by atoms with Gasteiger partial charge in [-0.05, 0) is 54.8 Å². The van der Waals surface area contributed by atoms with E-state index in [9.17, 15) is 4.79 Å². The van der Waals surface area contributed by atoms with Crippen LogP contribution in [0.25, 0.3) is 0 Å². The summed E-state index contributed by atoms with van der Waals surface area (Å²) in [4.78, 5) is 19.4. The average Bonchev–Trinajstić information content (AvgIpc) is 3.60. The van der Waals surface area contributed by atoms with Gasteiger partial charge >= 0.3 is 0 Å². The molecule has 0 aliphatic carbocycles. The van der Waals surface area contributed by atoms with Crippen LogP contribution in [0, 0.1) is 0 Å². The van der Waals surface area contributed by atoms with Gasteiger partial charge in [0.05, 0.1) is 6.61 Å². The minimum Gasteiger partial charge on any atom is -0.494 e. The van der Waals surface area contributed by atoms with Crippen LogP contribution in [0.15, 0.2) is 86.7 Å². The van der Waals surface area contributed by atoms with Crippen LogP contribution in [0.5, 0.6) is 5.75 Å². The van der Waals surface area contributed by atoms with Crippen molar-refractivity contribution in [3.63, 3.8) is 0 Å².